The molecule has 1 aromatic rings. The van der Waals surface area contributed by atoms with E-state index in [1.54, 1.807) is 6.33 Å². The van der Waals surface area contributed by atoms with E-state index >= 15 is 0 Å². The molecule has 18 heavy (non-hydrogen) atoms. The van der Waals surface area contributed by atoms with Crippen molar-refractivity contribution in [2.75, 3.05) is 30.4 Å². The van der Waals surface area contributed by atoms with E-state index in [4.69, 9.17) is 0 Å². The molecular weight excluding hydrogens is 292 g/mol. The van der Waals surface area contributed by atoms with Crippen LogP contribution < -0.4 is 10.2 Å². The molecule has 102 valence electrons. The van der Waals surface area contributed by atoms with Gasteiger partial charge >= 0.3 is 0 Å². The van der Waals surface area contributed by atoms with Crippen molar-refractivity contribution in [3.8, 4) is 0 Å². The highest BCUT2D eigenvalue weighted by atomic mass is 79.9. The largest absolute Gasteiger partial charge is 0.372 e. The lowest BCUT2D eigenvalue weighted by atomic mass is 10.1. The Morgan fingerprint density at radius 1 is 1.17 bits per heavy atom. The predicted molar refractivity (Wildman–Crippen MR) is 81.2 cm³/mol. The molecule has 0 saturated heterocycles. The Labute approximate surface area is 118 Å². The lowest BCUT2D eigenvalue weighted by Crippen LogP contribution is -2.32. The standard InChI is InChI=1S/C13H23BrN4/c1-9(2)6-18(7-10(3)4)13-11(14)12(15-5)16-8-17-13/h8-10H,6-7H2,1-5H3,(H,15,16,17). The molecule has 1 aromatic heterocycles. The molecule has 0 radical (unpaired) electrons. The summed E-state index contributed by atoms with van der Waals surface area (Å²) in [7, 11) is 1.87. The Morgan fingerprint density at radius 2 is 1.72 bits per heavy atom. The van der Waals surface area contributed by atoms with Crippen LogP contribution in [0, 0.1) is 11.8 Å². The fraction of sp³-hybridized carbons (Fsp3) is 0.692. The molecule has 0 amide bonds. The van der Waals surface area contributed by atoms with E-state index < -0.39 is 0 Å². The van der Waals surface area contributed by atoms with Crippen molar-refractivity contribution in [2.45, 2.75) is 27.7 Å². The molecule has 0 aliphatic heterocycles. The smallest absolute Gasteiger partial charge is 0.148 e. The average molecular weight is 315 g/mol. The van der Waals surface area contributed by atoms with Crippen molar-refractivity contribution in [2.24, 2.45) is 11.8 Å². The zero-order valence-corrected chi connectivity index (χ0v) is 13.5. The molecule has 0 atom stereocenters. The second-order valence-corrected chi connectivity index (χ2v) is 6.10. The summed E-state index contributed by atoms with van der Waals surface area (Å²) in [6, 6.07) is 0. The van der Waals surface area contributed by atoms with E-state index in [2.05, 4.69) is 63.8 Å². The number of rotatable bonds is 6. The number of aromatic nitrogens is 2. The molecule has 5 heteroatoms. The number of anilines is 2. The minimum absolute atomic E-state index is 0.601. The minimum Gasteiger partial charge on any atom is -0.372 e. The van der Waals surface area contributed by atoms with Gasteiger partial charge < -0.3 is 10.2 Å². The molecule has 1 N–H and O–H groups in total. The van der Waals surface area contributed by atoms with Gasteiger partial charge in [-0.1, -0.05) is 27.7 Å². The fourth-order valence-corrected chi connectivity index (χ4v) is 2.54. The molecule has 0 spiro atoms. The van der Waals surface area contributed by atoms with Crippen LogP contribution in [0.3, 0.4) is 0 Å². The number of nitrogens with zero attached hydrogens (tertiary/aromatic N) is 3. The zero-order valence-electron chi connectivity index (χ0n) is 11.9. The lowest BCUT2D eigenvalue weighted by Gasteiger charge is -2.28. The monoisotopic (exact) mass is 314 g/mol. The Balaban J connectivity index is 3.03. The summed E-state index contributed by atoms with van der Waals surface area (Å²) >= 11 is 3.59. The Bertz CT molecular complexity index is 369. The second kappa shape index (κ2) is 6.92. The third-order valence-electron chi connectivity index (χ3n) is 2.48. The zero-order chi connectivity index (χ0) is 13.7. The van der Waals surface area contributed by atoms with Crippen molar-refractivity contribution in [1.82, 2.24) is 9.97 Å². The van der Waals surface area contributed by atoms with Gasteiger partial charge in [-0.05, 0) is 27.8 Å². The van der Waals surface area contributed by atoms with Gasteiger partial charge in [0.25, 0.3) is 0 Å². The Morgan fingerprint density at radius 3 is 2.17 bits per heavy atom. The van der Waals surface area contributed by atoms with Crippen molar-refractivity contribution in [1.29, 1.82) is 0 Å². The SMILES string of the molecule is CNc1ncnc(N(CC(C)C)CC(C)C)c1Br. The van der Waals surface area contributed by atoms with Crippen molar-refractivity contribution in [3.63, 3.8) is 0 Å². The van der Waals surface area contributed by atoms with Crippen molar-refractivity contribution < 1.29 is 0 Å². The van der Waals surface area contributed by atoms with E-state index in [0.29, 0.717) is 11.8 Å². The highest BCUT2D eigenvalue weighted by Gasteiger charge is 2.17. The molecule has 0 saturated carbocycles. The van der Waals surface area contributed by atoms with Gasteiger partial charge in [-0.3, -0.25) is 0 Å². The van der Waals surface area contributed by atoms with Gasteiger partial charge in [0.15, 0.2) is 0 Å². The molecule has 1 heterocycles. The maximum absolute atomic E-state index is 4.42. The number of nitrogens with one attached hydrogen (secondary N) is 1. The minimum atomic E-state index is 0.601. The van der Waals surface area contributed by atoms with E-state index in [1.165, 1.54) is 0 Å². The predicted octanol–water partition coefficient (Wildman–Crippen LogP) is 3.40. The van der Waals surface area contributed by atoms with Crippen LogP contribution in [0.5, 0.6) is 0 Å². The third-order valence-corrected chi connectivity index (χ3v) is 3.21. The van der Waals surface area contributed by atoms with Gasteiger partial charge in [0.2, 0.25) is 0 Å². The van der Waals surface area contributed by atoms with Gasteiger partial charge in [-0.2, -0.15) is 0 Å². The molecule has 0 bridgehead atoms. The number of hydrogen-bond acceptors (Lipinski definition) is 4. The van der Waals surface area contributed by atoms with E-state index in [-0.39, 0.29) is 0 Å². The summed E-state index contributed by atoms with van der Waals surface area (Å²) in [6.07, 6.45) is 1.61. The molecular formula is C13H23BrN4. The molecule has 0 fully saturated rings. The first-order chi connectivity index (χ1) is 8.45. The number of halogens is 1. The topological polar surface area (TPSA) is 41.1 Å². The highest BCUT2D eigenvalue weighted by Crippen LogP contribution is 2.30. The van der Waals surface area contributed by atoms with Gasteiger partial charge in [0.05, 0.1) is 0 Å². The third kappa shape index (κ3) is 4.12. The van der Waals surface area contributed by atoms with E-state index in [9.17, 15) is 0 Å². The summed E-state index contributed by atoms with van der Waals surface area (Å²) in [5.41, 5.74) is 0. The summed E-state index contributed by atoms with van der Waals surface area (Å²) in [6.45, 7) is 10.9. The first-order valence-corrected chi connectivity index (χ1v) is 7.18. The molecule has 0 unspecified atom stereocenters. The highest BCUT2D eigenvalue weighted by molar-refractivity contribution is 9.10. The first kappa shape index (κ1) is 15.2. The van der Waals surface area contributed by atoms with Gasteiger partial charge in [-0.15, -0.1) is 0 Å². The van der Waals surface area contributed by atoms with Crippen LogP contribution >= 0.6 is 15.9 Å². The van der Waals surface area contributed by atoms with E-state index in [1.807, 2.05) is 7.05 Å². The van der Waals surface area contributed by atoms with Crippen LogP contribution in [0.25, 0.3) is 0 Å². The summed E-state index contributed by atoms with van der Waals surface area (Å²) in [5, 5.41) is 3.07. The number of hydrogen-bond donors (Lipinski definition) is 1. The maximum atomic E-state index is 4.42. The van der Waals surface area contributed by atoms with Crippen LogP contribution in [0.4, 0.5) is 11.6 Å². The lowest BCUT2D eigenvalue weighted by molar-refractivity contribution is 0.548. The average Bonchev–Trinajstić information content (AvgIpc) is 2.27. The summed E-state index contributed by atoms with van der Waals surface area (Å²) in [5.74, 6) is 3.00. The van der Waals surface area contributed by atoms with Crippen LogP contribution in [0.2, 0.25) is 0 Å². The molecule has 1 rings (SSSR count). The molecule has 4 nitrogen and oxygen atoms in total. The Kier molecular flexibility index (Phi) is 5.85. The van der Waals surface area contributed by atoms with Gasteiger partial charge in [0.1, 0.15) is 22.4 Å². The molecule has 0 aliphatic carbocycles. The summed E-state index contributed by atoms with van der Waals surface area (Å²) < 4.78 is 0.939. The second-order valence-electron chi connectivity index (χ2n) is 5.30. The maximum Gasteiger partial charge on any atom is 0.148 e. The van der Waals surface area contributed by atoms with E-state index in [0.717, 1.165) is 29.2 Å². The van der Waals surface area contributed by atoms with Crippen molar-refractivity contribution in [3.05, 3.63) is 10.8 Å². The van der Waals surface area contributed by atoms with Crippen molar-refractivity contribution >= 4 is 27.6 Å². The van der Waals surface area contributed by atoms with Crippen LogP contribution in [-0.2, 0) is 0 Å². The van der Waals surface area contributed by atoms with Gasteiger partial charge in [-0.25, -0.2) is 9.97 Å². The first-order valence-electron chi connectivity index (χ1n) is 6.38. The normalized spacial score (nSPS) is 11.1. The van der Waals surface area contributed by atoms with Gasteiger partial charge in [0, 0.05) is 20.1 Å². The summed E-state index contributed by atoms with van der Waals surface area (Å²) in [4.78, 5) is 10.9. The van der Waals surface area contributed by atoms with Crippen LogP contribution in [0.15, 0.2) is 10.8 Å². The molecule has 0 aromatic carbocycles. The molecule has 0 aliphatic rings. The van der Waals surface area contributed by atoms with Crippen LogP contribution in [-0.4, -0.2) is 30.1 Å². The Hall–Kier alpha value is -0.840. The fourth-order valence-electron chi connectivity index (χ4n) is 1.88. The van der Waals surface area contributed by atoms with Crippen LogP contribution in [0.1, 0.15) is 27.7 Å². The quantitative estimate of drug-likeness (QED) is 0.873.